The lowest BCUT2D eigenvalue weighted by Crippen LogP contribution is -2.40. The molecular formula is C18H25NSi. The van der Waals surface area contributed by atoms with Gasteiger partial charge in [0.2, 0.25) is 0 Å². The molecule has 0 unspecified atom stereocenters. The Morgan fingerprint density at radius 2 is 1.55 bits per heavy atom. The number of benzene rings is 1. The first-order chi connectivity index (χ1) is 9.29. The molecule has 2 aromatic rings. The Bertz CT molecular complexity index is 567. The van der Waals surface area contributed by atoms with Crippen molar-refractivity contribution in [2.24, 2.45) is 0 Å². The Morgan fingerprint density at radius 1 is 0.900 bits per heavy atom. The van der Waals surface area contributed by atoms with Gasteiger partial charge >= 0.3 is 0 Å². The normalized spacial score (nSPS) is 12.4. The Balaban J connectivity index is 2.28. The van der Waals surface area contributed by atoms with Crippen LogP contribution in [0, 0.1) is 0 Å². The van der Waals surface area contributed by atoms with Gasteiger partial charge in [-0.1, -0.05) is 70.3 Å². The minimum atomic E-state index is -1.33. The molecular weight excluding hydrogens is 258 g/mol. The molecule has 0 radical (unpaired) electrons. The average Bonchev–Trinajstić information content (AvgIpc) is 2.38. The lowest BCUT2D eigenvalue weighted by Gasteiger charge is -2.36. The molecule has 106 valence electrons. The molecule has 0 saturated carbocycles. The Hall–Kier alpha value is -1.41. The molecule has 0 amide bonds. The molecule has 1 aromatic carbocycles. The number of hydrogen-bond acceptors (Lipinski definition) is 1. The van der Waals surface area contributed by atoms with Crippen LogP contribution in [-0.2, 0) is 6.04 Å². The van der Waals surface area contributed by atoms with Gasteiger partial charge in [-0.15, -0.1) is 0 Å². The molecule has 0 aliphatic carbocycles. The van der Waals surface area contributed by atoms with Crippen LogP contribution in [0.15, 0.2) is 48.5 Å². The third kappa shape index (κ3) is 3.37. The molecule has 0 bridgehead atoms. The second kappa shape index (κ2) is 5.53. The third-order valence-corrected chi connectivity index (χ3v) is 9.84. The zero-order chi connectivity index (χ0) is 14.8. The van der Waals surface area contributed by atoms with Gasteiger partial charge in [0, 0.05) is 11.3 Å². The maximum Gasteiger partial charge on any atom is 0.0705 e. The van der Waals surface area contributed by atoms with E-state index in [2.05, 4.69) is 76.3 Å². The molecule has 0 spiro atoms. The summed E-state index contributed by atoms with van der Waals surface area (Å²) in [6.45, 7) is 12.0. The maximum absolute atomic E-state index is 4.88. The predicted molar refractivity (Wildman–Crippen MR) is 90.6 cm³/mol. The summed E-state index contributed by atoms with van der Waals surface area (Å²) in [7, 11) is -1.33. The van der Waals surface area contributed by atoms with Crippen molar-refractivity contribution in [3.05, 3.63) is 54.2 Å². The van der Waals surface area contributed by atoms with E-state index in [4.69, 9.17) is 4.98 Å². The van der Waals surface area contributed by atoms with E-state index in [0.29, 0.717) is 5.04 Å². The van der Waals surface area contributed by atoms with Crippen LogP contribution in [0.3, 0.4) is 0 Å². The lowest BCUT2D eigenvalue weighted by molar-refractivity contribution is 0.712. The quantitative estimate of drug-likeness (QED) is 0.693. The van der Waals surface area contributed by atoms with Gasteiger partial charge in [-0.05, 0) is 23.2 Å². The van der Waals surface area contributed by atoms with Crippen molar-refractivity contribution in [1.82, 2.24) is 4.98 Å². The maximum atomic E-state index is 4.88. The molecule has 2 rings (SSSR count). The predicted octanol–water partition coefficient (Wildman–Crippen LogP) is 5.34. The van der Waals surface area contributed by atoms with Crippen LogP contribution in [0.25, 0.3) is 11.3 Å². The van der Waals surface area contributed by atoms with Crippen molar-refractivity contribution >= 4 is 8.07 Å². The van der Waals surface area contributed by atoms with Crippen LogP contribution in [0.1, 0.15) is 26.5 Å². The highest BCUT2D eigenvalue weighted by atomic mass is 28.3. The number of pyridine rings is 1. The van der Waals surface area contributed by atoms with E-state index in [1.165, 1.54) is 11.3 Å². The number of nitrogens with zero attached hydrogens (tertiary/aromatic N) is 1. The minimum Gasteiger partial charge on any atom is -0.253 e. The standard InChI is InChI=1S/C18H25NSi/c1-18(2,3)20(4,5)14-16-12-9-13-17(19-16)15-10-7-6-8-11-15/h6-13H,14H2,1-5H3. The topological polar surface area (TPSA) is 12.9 Å². The van der Waals surface area contributed by atoms with Crippen molar-refractivity contribution in [3.8, 4) is 11.3 Å². The van der Waals surface area contributed by atoms with E-state index in [-0.39, 0.29) is 0 Å². The monoisotopic (exact) mass is 283 g/mol. The molecule has 0 fully saturated rings. The van der Waals surface area contributed by atoms with Crippen LogP contribution >= 0.6 is 0 Å². The summed E-state index contributed by atoms with van der Waals surface area (Å²) in [4.78, 5) is 4.88. The molecule has 2 heteroatoms. The lowest BCUT2D eigenvalue weighted by atomic mass is 10.1. The van der Waals surface area contributed by atoms with Gasteiger partial charge in [-0.2, -0.15) is 0 Å². The van der Waals surface area contributed by atoms with Gasteiger partial charge in [-0.25, -0.2) is 0 Å². The van der Waals surface area contributed by atoms with E-state index in [1.807, 2.05) is 6.07 Å². The highest BCUT2D eigenvalue weighted by Gasteiger charge is 2.35. The van der Waals surface area contributed by atoms with Crippen molar-refractivity contribution < 1.29 is 0 Å². The summed E-state index contributed by atoms with van der Waals surface area (Å²) in [5, 5.41) is 0.400. The van der Waals surface area contributed by atoms with Crippen molar-refractivity contribution in [2.75, 3.05) is 0 Å². The molecule has 20 heavy (non-hydrogen) atoms. The zero-order valence-electron chi connectivity index (χ0n) is 13.3. The van der Waals surface area contributed by atoms with Crippen molar-refractivity contribution in [2.45, 2.75) is 44.9 Å². The van der Waals surface area contributed by atoms with Gasteiger partial charge < -0.3 is 0 Å². The summed E-state index contributed by atoms with van der Waals surface area (Å²) in [6.07, 6.45) is 0. The van der Waals surface area contributed by atoms with Crippen LogP contribution in [0.2, 0.25) is 18.1 Å². The van der Waals surface area contributed by atoms with Crippen LogP contribution in [-0.4, -0.2) is 13.1 Å². The number of hydrogen-bond donors (Lipinski definition) is 0. The first-order valence-electron chi connectivity index (χ1n) is 7.31. The fourth-order valence-electron chi connectivity index (χ4n) is 2.07. The Kier molecular flexibility index (Phi) is 4.14. The van der Waals surface area contributed by atoms with Crippen molar-refractivity contribution in [3.63, 3.8) is 0 Å². The van der Waals surface area contributed by atoms with Gasteiger partial charge in [-0.3, -0.25) is 4.98 Å². The molecule has 1 aromatic heterocycles. The first kappa shape index (κ1) is 15.0. The fourth-order valence-corrected chi connectivity index (χ4v) is 3.70. The van der Waals surface area contributed by atoms with E-state index in [0.717, 1.165) is 11.7 Å². The highest BCUT2D eigenvalue weighted by molar-refractivity contribution is 6.79. The van der Waals surface area contributed by atoms with E-state index in [1.54, 1.807) is 0 Å². The van der Waals surface area contributed by atoms with Crippen LogP contribution < -0.4 is 0 Å². The van der Waals surface area contributed by atoms with E-state index in [9.17, 15) is 0 Å². The van der Waals surface area contributed by atoms with Gasteiger partial charge in [0.1, 0.15) is 0 Å². The van der Waals surface area contributed by atoms with Crippen LogP contribution in [0.5, 0.6) is 0 Å². The molecule has 0 saturated heterocycles. The molecule has 0 aliphatic rings. The van der Waals surface area contributed by atoms with E-state index >= 15 is 0 Å². The number of aromatic nitrogens is 1. The largest absolute Gasteiger partial charge is 0.253 e. The second-order valence-corrected chi connectivity index (χ2v) is 12.8. The summed E-state index contributed by atoms with van der Waals surface area (Å²) in [5.74, 6) is 0. The third-order valence-electron chi connectivity index (χ3n) is 4.53. The summed E-state index contributed by atoms with van der Waals surface area (Å²) >= 11 is 0. The highest BCUT2D eigenvalue weighted by Crippen LogP contribution is 2.37. The number of rotatable bonds is 3. The van der Waals surface area contributed by atoms with Gasteiger partial charge in [0.15, 0.2) is 0 Å². The first-order valence-corrected chi connectivity index (χ1v) is 10.5. The summed E-state index contributed by atoms with van der Waals surface area (Å²) in [6, 6.07) is 18.0. The molecule has 0 atom stereocenters. The Labute approximate surface area is 124 Å². The summed E-state index contributed by atoms with van der Waals surface area (Å²) in [5.41, 5.74) is 3.52. The SMILES string of the molecule is CC(C)(C)[Si](C)(C)Cc1cccc(-c2ccccc2)n1. The zero-order valence-corrected chi connectivity index (χ0v) is 14.3. The molecule has 1 heterocycles. The smallest absolute Gasteiger partial charge is 0.0705 e. The van der Waals surface area contributed by atoms with Crippen molar-refractivity contribution in [1.29, 1.82) is 0 Å². The fraction of sp³-hybridized carbons (Fsp3) is 0.389. The minimum absolute atomic E-state index is 0.400. The Morgan fingerprint density at radius 3 is 2.15 bits per heavy atom. The summed E-state index contributed by atoms with van der Waals surface area (Å²) < 4.78 is 0. The molecule has 0 aliphatic heterocycles. The van der Waals surface area contributed by atoms with E-state index < -0.39 is 8.07 Å². The van der Waals surface area contributed by atoms with Crippen LogP contribution in [0.4, 0.5) is 0 Å². The average molecular weight is 283 g/mol. The molecule has 1 nitrogen and oxygen atoms in total. The second-order valence-electron chi connectivity index (χ2n) is 7.19. The van der Waals surface area contributed by atoms with Gasteiger partial charge in [0.05, 0.1) is 13.8 Å². The van der Waals surface area contributed by atoms with Gasteiger partial charge in [0.25, 0.3) is 0 Å². The molecule has 0 N–H and O–H groups in total.